The molecular weight excluding hydrogens is 378 g/mol. The van der Waals surface area contributed by atoms with Crippen molar-refractivity contribution < 1.29 is 22.8 Å². The van der Waals surface area contributed by atoms with Gasteiger partial charge in [0.2, 0.25) is 0 Å². The maximum Gasteiger partial charge on any atom is 0.417 e. The molecule has 25 heavy (non-hydrogen) atoms. The van der Waals surface area contributed by atoms with Crippen molar-refractivity contribution in [3.05, 3.63) is 68.7 Å². The van der Waals surface area contributed by atoms with E-state index in [4.69, 9.17) is 23.2 Å². The molecule has 0 N–H and O–H groups in total. The molecule has 132 valence electrons. The Bertz CT molecular complexity index is 825. The number of alkyl halides is 3. The van der Waals surface area contributed by atoms with Crippen molar-refractivity contribution in [2.24, 2.45) is 0 Å². The quantitative estimate of drug-likeness (QED) is 0.696. The molecular formula is C17H12Cl2F3NO2. The van der Waals surface area contributed by atoms with E-state index in [-0.39, 0.29) is 21.2 Å². The van der Waals surface area contributed by atoms with Crippen LogP contribution in [0.3, 0.4) is 0 Å². The molecule has 0 aliphatic carbocycles. The Balaban J connectivity index is 2.55. The lowest BCUT2D eigenvalue weighted by Crippen LogP contribution is -2.22. The molecule has 0 spiro atoms. The SMILES string of the molecule is CN(C)C(=O)c1c(Cl)cc(C(=O)c2ccccc2C(F)(F)F)cc1Cl. The number of carbonyl (C=O) groups excluding carboxylic acids is 2. The van der Waals surface area contributed by atoms with Crippen LogP contribution in [-0.2, 0) is 6.18 Å². The van der Waals surface area contributed by atoms with Crippen LogP contribution in [0.5, 0.6) is 0 Å². The molecule has 8 heteroatoms. The average molecular weight is 390 g/mol. The Labute approximate surface area is 151 Å². The van der Waals surface area contributed by atoms with Gasteiger partial charge in [-0.25, -0.2) is 0 Å². The van der Waals surface area contributed by atoms with Crippen molar-refractivity contribution in [2.75, 3.05) is 14.1 Å². The fraction of sp³-hybridized carbons (Fsp3) is 0.176. The van der Waals surface area contributed by atoms with Crippen molar-refractivity contribution in [3.8, 4) is 0 Å². The van der Waals surface area contributed by atoms with Gasteiger partial charge >= 0.3 is 6.18 Å². The summed E-state index contributed by atoms with van der Waals surface area (Å²) in [5.41, 5.74) is -1.73. The van der Waals surface area contributed by atoms with Gasteiger partial charge in [0.1, 0.15) is 0 Å². The summed E-state index contributed by atoms with van der Waals surface area (Å²) in [7, 11) is 2.99. The molecule has 0 bridgehead atoms. The third-order valence-corrected chi connectivity index (χ3v) is 4.00. The van der Waals surface area contributed by atoms with Crippen LogP contribution < -0.4 is 0 Å². The molecule has 3 nitrogen and oxygen atoms in total. The highest BCUT2D eigenvalue weighted by atomic mass is 35.5. The first kappa shape index (κ1) is 19.3. The molecule has 0 aromatic heterocycles. The molecule has 2 aromatic carbocycles. The molecule has 0 heterocycles. The number of rotatable bonds is 3. The lowest BCUT2D eigenvalue weighted by Gasteiger charge is -2.15. The van der Waals surface area contributed by atoms with Crippen LogP contribution in [-0.4, -0.2) is 30.7 Å². The summed E-state index contributed by atoms with van der Waals surface area (Å²) < 4.78 is 39.3. The molecule has 0 saturated carbocycles. The van der Waals surface area contributed by atoms with Gasteiger partial charge in [-0.05, 0) is 18.2 Å². The van der Waals surface area contributed by atoms with Gasteiger partial charge < -0.3 is 4.90 Å². The molecule has 0 fully saturated rings. The standard InChI is InChI=1S/C17H12Cl2F3NO2/c1-23(2)16(25)14-12(18)7-9(8-13(14)19)15(24)10-5-3-4-6-11(10)17(20,21)22/h3-8H,1-2H3. The smallest absolute Gasteiger partial charge is 0.345 e. The van der Waals surface area contributed by atoms with Crippen molar-refractivity contribution in [1.29, 1.82) is 0 Å². The van der Waals surface area contributed by atoms with Gasteiger partial charge in [0.05, 0.1) is 21.2 Å². The summed E-state index contributed by atoms with van der Waals surface area (Å²) in [5, 5.41) is -0.224. The van der Waals surface area contributed by atoms with Crippen LogP contribution in [0.15, 0.2) is 36.4 Å². The van der Waals surface area contributed by atoms with Crippen LogP contribution >= 0.6 is 23.2 Å². The fourth-order valence-corrected chi connectivity index (χ4v) is 2.86. The Morgan fingerprint density at radius 1 is 1.00 bits per heavy atom. The normalized spacial score (nSPS) is 11.3. The number of halogens is 5. The summed E-state index contributed by atoms with van der Waals surface area (Å²) in [6.45, 7) is 0. The van der Waals surface area contributed by atoms with E-state index < -0.39 is 29.0 Å². The number of nitrogens with zero attached hydrogens (tertiary/aromatic N) is 1. The maximum atomic E-state index is 13.1. The largest absolute Gasteiger partial charge is 0.417 e. The molecule has 0 radical (unpaired) electrons. The zero-order chi connectivity index (χ0) is 18.9. The lowest BCUT2D eigenvalue weighted by molar-refractivity contribution is -0.137. The minimum Gasteiger partial charge on any atom is -0.345 e. The topological polar surface area (TPSA) is 37.4 Å². The summed E-state index contributed by atoms with van der Waals surface area (Å²) in [6, 6.07) is 6.69. The van der Waals surface area contributed by atoms with Gasteiger partial charge in [0, 0.05) is 25.2 Å². The molecule has 0 aliphatic rings. The van der Waals surface area contributed by atoms with E-state index in [0.717, 1.165) is 24.3 Å². The molecule has 2 aromatic rings. The van der Waals surface area contributed by atoms with Gasteiger partial charge in [-0.2, -0.15) is 13.2 Å². The Morgan fingerprint density at radius 2 is 1.52 bits per heavy atom. The molecule has 0 unspecified atom stereocenters. The van der Waals surface area contributed by atoms with E-state index >= 15 is 0 Å². The second-order valence-electron chi connectivity index (χ2n) is 5.39. The zero-order valence-corrected chi connectivity index (χ0v) is 14.6. The number of hydrogen-bond acceptors (Lipinski definition) is 2. The Hall–Kier alpha value is -2.05. The van der Waals surface area contributed by atoms with E-state index in [9.17, 15) is 22.8 Å². The average Bonchev–Trinajstić information content (AvgIpc) is 2.52. The fourth-order valence-electron chi connectivity index (χ4n) is 2.22. The third kappa shape index (κ3) is 3.96. The number of hydrogen-bond donors (Lipinski definition) is 0. The summed E-state index contributed by atoms with van der Waals surface area (Å²) >= 11 is 12.1. The second-order valence-corrected chi connectivity index (χ2v) is 6.20. The number of carbonyl (C=O) groups is 2. The van der Waals surface area contributed by atoms with Gasteiger partial charge in [0.25, 0.3) is 5.91 Å². The van der Waals surface area contributed by atoms with Gasteiger partial charge in [-0.3, -0.25) is 9.59 Å². The molecule has 0 saturated heterocycles. The summed E-state index contributed by atoms with van der Waals surface area (Å²) in [5.74, 6) is -1.37. The van der Waals surface area contributed by atoms with E-state index in [2.05, 4.69) is 0 Å². The van der Waals surface area contributed by atoms with Crippen LogP contribution in [0, 0.1) is 0 Å². The molecule has 1 amide bonds. The minimum atomic E-state index is -4.68. The maximum absolute atomic E-state index is 13.1. The van der Waals surface area contributed by atoms with Crippen molar-refractivity contribution in [3.63, 3.8) is 0 Å². The van der Waals surface area contributed by atoms with Crippen molar-refractivity contribution in [2.45, 2.75) is 6.18 Å². The van der Waals surface area contributed by atoms with E-state index in [1.54, 1.807) is 0 Å². The highest BCUT2D eigenvalue weighted by Crippen LogP contribution is 2.34. The van der Waals surface area contributed by atoms with E-state index in [0.29, 0.717) is 0 Å². The third-order valence-electron chi connectivity index (χ3n) is 3.40. The minimum absolute atomic E-state index is 0.0195. The van der Waals surface area contributed by atoms with Crippen LogP contribution in [0.25, 0.3) is 0 Å². The summed E-state index contributed by atoms with van der Waals surface area (Å²) in [6.07, 6.45) is -4.68. The lowest BCUT2D eigenvalue weighted by atomic mass is 9.97. The number of benzene rings is 2. The van der Waals surface area contributed by atoms with Crippen molar-refractivity contribution in [1.82, 2.24) is 4.90 Å². The molecule has 0 atom stereocenters. The zero-order valence-electron chi connectivity index (χ0n) is 13.1. The Morgan fingerprint density at radius 3 is 2.00 bits per heavy atom. The predicted molar refractivity (Wildman–Crippen MR) is 89.4 cm³/mol. The van der Waals surface area contributed by atoms with Crippen LogP contribution in [0.1, 0.15) is 31.8 Å². The molecule has 2 rings (SSSR count). The van der Waals surface area contributed by atoms with Gasteiger partial charge in [-0.1, -0.05) is 41.4 Å². The highest BCUT2D eigenvalue weighted by Gasteiger charge is 2.35. The van der Waals surface area contributed by atoms with Crippen molar-refractivity contribution >= 4 is 34.9 Å². The number of ketones is 1. The van der Waals surface area contributed by atoms with Gasteiger partial charge in [0.15, 0.2) is 5.78 Å². The van der Waals surface area contributed by atoms with E-state index in [1.165, 1.54) is 31.1 Å². The van der Waals surface area contributed by atoms with Gasteiger partial charge in [-0.15, -0.1) is 0 Å². The predicted octanol–water partition coefficient (Wildman–Crippen LogP) is 4.95. The Kier molecular flexibility index (Phi) is 5.44. The monoisotopic (exact) mass is 389 g/mol. The van der Waals surface area contributed by atoms with E-state index in [1.807, 2.05) is 0 Å². The summed E-state index contributed by atoms with van der Waals surface area (Å²) in [4.78, 5) is 25.8. The first-order valence-electron chi connectivity index (χ1n) is 6.95. The number of amides is 1. The highest BCUT2D eigenvalue weighted by molar-refractivity contribution is 6.40. The first-order valence-corrected chi connectivity index (χ1v) is 7.71. The first-order chi connectivity index (χ1) is 11.5. The van der Waals surface area contributed by atoms with Crippen LogP contribution in [0.4, 0.5) is 13.2 Å². The van der Waals surface area contributed by atoms with Crippen LogP contribution in [0.2, 0.25) is 10.0 Å². The molecule has 0 aliphatic heterocycles. The second kappa shape index (κ2) is 7.06.